The summed E-state index contributed by atoms with van der Waals surface area (Å²) in [5, 5.41) is 0.339. The van der Waals surface area contributed by atoms with Gasteiger partial charge in [-0.2, -0.15) is 0 Å². The maximum atomic E-state index is 14.2. The molecule has 4 rings (SSSR count). The van der Waals surface area contributed by atoms with Crippen molar-refractivity contribution in [3.05, 3.63) is 0 Å². The lowest BCUT2D eigenvalue weighted by molar-refractivity contribution is -0.171. The molecule has 0 N–H and O–H groups in total. The molecular formula is C39H72O4Si2. The molecule has 0 bridgehead atoms. The highest BCUT2D eigenvalue weighted by Crippen LogP contribution is 2.68. The molecule has 4 saturated carbocycles. The van der Waals surface area contributed by atoms with Crippen LogP contribution in [0.4, 0.5) is 0 Å². The quantitative estimate of drug-likeness (QED) is 0.231. The van der Waals surface area contributed by atoms with Crippen LogP contribution < -0.4 is 0 Å². The summed E-state index contributed by atoms with van der Waals surface area (Å²) in [6.45, 7) is 35.3. The molecule has 0 radical (unpaired) electrons. The van der Waals surface area contributed by atoms with Gasteiger partial charge in [0, 0.05) is 37.4 Å². The lowest BCUT2D eigenvalue weighted by atomic mass is 9.43. The van der Waals surface area contributed by atoms with Crippen molar-refractivity contribution in [3.63, 3.8) is 0 Å². The highest BCUT2D eigenvalue weighted by molar-refractivity contribution is 6.74. The minimum Gasteiger partial charge on any atom is -0.414 e. The van der Waals surface area contributed by atoms with E-state index in [9.17, 15) is 9.59 Å². The van der Waals surface area contributed by atoms with Crippen molar-refractivity contribution in [2.24, 2.45) is 52.3 Å². The summed E-state index contributed by atoms with van der Waals surface area (Å²) < 4.78 is 14.6. The Hall–Kier alpha value is -0.306. The number of rotatable bonds is 9. The molecule has 6 heteroatoms. The van der Waals surface area contributed by atoms with Crippen molar-refractivity contribution < 1.29 is 18.4 Å². The van der Waals surface area contributed by atoms with Crippen LogP contribution >= 0.6 is 0 Å². The van der Waals surface area contributed by atoms with E-state index < -0.39 is 16.6 Å². The zero-order valence-electron chi connectivity index (χ0n) is 32.2. The van der Waals surface area contributed by atoms with E-state index in [-0.39, 0.29) is 38.8 Å². The van der Waals surface area contributed by atoms with Gasteiger partial charge >= 0.3 is 0 Å². The number of hydrogen-bond acceptors (Lipinski definition) is 4. The fraction of sp³-hybridized carbons (Fsp3) is 0.949. The summed E-state index contributed by atoms with van der Waals surface area (Å²) in [6.07, 6.45) is 9.18. The molecule has 10 atom stereocenters. The molecule has 0 saturated heterocycles. The Morgan fingerprint density at radius 3 is 1.93 bits per heavy atom. The van der Waals surface area contributed by atoms with Gasteiger partial charge in [-0.3, -0.25) is 9.59 Å². The number of carbonyl (C=O) groups excluding carboxylic acids is 2. The third-order valence-corrected chi connectivity index (χ3v) is 23.9. The van der Waals surface area contributed by atoms with Crippen LogP contribution in [0.2, 0.25) is 36.3 Å². The van der Waals surface area contributed by atoms with E-state index in [2.05, 4.69) is 102 Å². The van der Waals surface area contributed by atoms with Gasteiger partial charge in [0.2, 0.25) is 0 Å². The molecule has 0 spiro atoms. The normalized spacial score (nSPS) is 38.5. The van der Waals surface area contributed by atoms with Crippen LogP contribution in [0.5, 0.6) is 0 Å². The second-order valence-corrected chi connectivity index (χ2v) is 29.9. The monoisotopic (exact) mass is 660 g/mol. The predicted molar refractivity (Wildman–Crippen MR) is 193 cm³/mol. The minimum atomic E-state index is -2.04. The van der Waals surface area contributed by atoms with Crippen molar-refractivity contribution in [3.8, 4) is 0 Å². The molecule has 0 amide bonds. The van der Waals surface area contributed by atoms with Crippen LogP contribution in [0.3, 0.4) is 0 Å². The number of carbonyl (C=O) groups is 2. The molecule has 4 nitrogen and oxygen atoms in total. The third-order valence-electron chi connectivity index (χ3n) is 14.8. The SMILES string of the molecule is CC(C)CC(=O)C[C@@H](C)[C@H]1CC(=O)[C@H]2[C@@H]3C[C@H](O[Si](C)(C)C(C)(C)C)[C@H]4C[C@H](O[Si](C)(C)C(C)(C)C)CC[C@]4(C)[C@H]3CC[C@]12C. The summed E-state index contributed by atoms with van der Waals surface area (Å²) >= 11 is 0. The summed E-state index contributed by atoms with van der Waals surface area (Å²) in [4.78, 5) is 27.1. The number of fused-ring (bicyclic) bond motifs is 5. The Labute approximate surface area is 280 Å². The Balaban J connectivity index is 1.66. The molecule has 4 fully saturated rings. The first-order chi connectivity index (χ1) is 20.3. The highest BCUT2D eigenvalue weighted by Gasteiger charge is 2.66. The molecule has 0 aromatic carbocycles. The summed E-state index contributed by atoms with van der Waals surface area (Å²) in [5.74, 6) is 3.36. The van der Waals surface area contributed by atoms with Gasteiger partial charge in [0.1, 0.15) is 11.6 Å². The number of ketones is 2. The molecule has 0 aromatic heterocycles. The lowest BCUT2D eigenvalue weighted by Crippen LogP contribution is -2.62. The Morgan fingerprint density at radius 2 is 1.38 bits per heavy atom. The van der Waals surface area contributed by atoms with Crippen LogP contribution in [0.15, 0.2) is 0 Å². The molecule has 0 heterocycles. The molecule has 4 aliphatic rings. The fourth-order valence-electron chi connectivity index (χ4n) is 10.4. The standard InChI is InChI=1S/C39H72O4Si2/c1-25(2)20-27(40)21-26(3)31-24-33(41)35-29-23-34(43-45(14,15)37(7,8)9)32-22-28(42-44(12,13)36(4,5)6)16-18-38(32,10)30(29)17-19-39(31,35)11/h25-26,28-32,34-35H,16-24H2,1-15H3/t26-,28-,29-,30+,31-,32-,34+,35-,38-,39-/m1/s1. The van der Waals surface area contributed by atoms with Crippen molar-refractivity contribution >= 4 is 28.2 Å². The van der Waals surface area contributed by atoms with E-state index in [0.717, 1.165) is 25.7 Å². The van der Waals surface area contributed by atoms with E-state index in [4.69, 9.17) is 8.85 Å². The van der Waals surface area contributed by atoms with Crippen LogP contribution in [0.1, 0.15) is 134 Å². The van der Waals surface area contributed by atoms with Crippen LogP contribution in [-0.2, 0) is 18.4 Å². The Morgan fingerprint density at radius 1 is 0.822 bits per heavy atom. The van der Waals surface area contributed by atoms with E-state index >= 15 is 0 Å². The molecule has 0 unspecified atom stereocenters. The van der Waals surface area contributed by atoms with Crippen molar-refractivity contribution in [1.29, 1.82) is 0 Å². The van der Waals surface area contributed by atoms with Gasteiger partial charge in [-0.1, -0.05) is 76.2 Å². The summed E-state index contributed by atoms with van der Waals surface area (Å²) in [5.41, 5.74) is 0.158. The van der Waals surface area contributed by atoms with Gasteiger partial charge < -0.3 is 8.85 Å². The molecule has 4 aliphatic carbocycles. The van der Waals surface area contributed by atoms with Gasteiger partial charge in [-0.05, 0) is 121 Å². The number of hydrogen-bond donors (Lipinski definition) is 0. The zero-order valence-corrected chi connectivity index (χ0v) is 34.2. The molecule has 0 aromatic rings. The fourth-order valence-corrected chi connectivity index (χ4v) is 13.1. The Kier molecular flexibility index (Phi) is 10.5. The van der Waals surface area contributed by atoms with Gasteiger partial charge in [-0.15, -0.1) is 0 Å². The van der Waals surface area contributed by atoms with Crippen molar-refractivity contribution in [1.82, 2.24) is 0 Å². The molecule has 45 heavy (non-hydrogen) atoms. The van der Waals surface area contributed by atoms with E-state index in [1.807, 2.05) is 0 Å². The first-order valence-corrected chi connectivity index (χ1v) is 24.6. The van der Waals surface area contributed by atoms with E-state index in [1.165, 1.54) is 12.8 Å². The largest absolute Gasteiger partial charge is 0.414 e. The van der Waals surface area contributed by atoms with Crippen LogP contribution in [-0.4, -0.2) is 40.4 Å². The van der Waals surface area contributed by atoms with Crippen LogP contribution in [0, 0.1) is 52.3 Å². The van der Waals surface area contributed by atoms with Crippen molar-refractivity contribution in [2.45, 2.75) is 182 Å². The van der Waals surface area contributed by atoms with Gasteiger partial charge in [0.15, 0.2) is 16.6 Å². The van der Waals surface area contributed by atoms with E-state index in [1.54, 1.807) is 0 Å². The molecular weight excluding hydrogens is 589 g/mol. The molecule has 0 aliphatic heterocycles. The predicted octanol–water partition coefficient (Wildman–Crippen LogP) is 10.9. The van der Waals surface area contributed by atoms with E-state index in [0.29, 0.717) is 66.5 Å². The van der Waals surface area contributed by atoms with Gasteiger partial charge in [-0.25, -0.2) is 0 Å². The van der Waals surface area contributed by atoms with Gasteiger partial charge in [0.05, 0.1) is 0 Å². The second-order valence-electron chi connectivity index (χ2n) is 20.4. The average Bonchev–Trinajstić information content (AvgIpc) is 3.13. The lowest BCUT2D eigenvalue weighted by Gasteiger charge is -2.63. The summed E-state index contributed by atoms with van der Waals surface area (Å²) in [6, 6.07) is 0. The average molecular weight is 661 g/mol. The Bertz CT molecular complexity index is 1100. The zero-order chi connectivity index (χ0) is 34.1. The topological polar surface area (TPSA) is 52.6 Å². The summed E-state index contributed by atoms with van der Waals surface area (Å²) in [7, 11) is -3.93. The molecule has 260 valence electrons. The minimum absolute atomic E-state index is 0.0108. The van der Waals surface area contributed by atoms with Crippen LogP contribution in [0.25, 0.3) is 0 Å². The highest BCUT2D eigenvalue weighted by atomic mass is 28.4. The number of Topliss-reactive ketones (excluding diaryl/α,β-unsaturated/α-hetero) is 2. The van der Waals surface area contributed by atoms with Crippen molar-refractivity contribution in [2.75, 3.05) is 0 Å². The maximum Gasteiger partial charge on any atom is 0.192 e. The smallest absolute Gasteiger partial charge is 0.192 e. The van der Waals surface area contributed by atoms with Gasteiger partial charge in [0.25, 0.3) is 0 Å². The second kappa shape index (κ2) is 12.5. The first-order valence-electron chi connectivity index (χ1n) is 18.7. The first kappa shape index (κ1) is 37.5. The third kappa shape index (κ3) is 7.06. The maximum absolute atomic E-state index is 14.2.